The molecule has 1 N–H and O–H groups in total. The molecule has 1 aliphatic rings. The number of halogens is 1. The molecule has 28 heavy (non-hydrogen) atoms. The standard InChI is InChI=1S/C19H16FN5O3/c20-13-6-8-15(9-7-13)23-10-11-24-17(27)18(28)25(22-19(23)24)12-16(26)21-14-4-2-1-3-5-14/h1-9H,10-12H2,(H,21,26). The largest absolute Gasteiger partial charge is 0.333 e. The summed E-state index contributed by atoms with van der Waals surface area (Å²) in [4.78, 5) is 38.7. The lowest BCUT2D eigenvalue weighted by molar-refractivity contribution is -0.117. The Morgan fingerprint density at radius 2 is 1.71 bits per heavy atom. The minimum Gasteiger partial charge on any atom is -0.324 e. The van der Waals surface area contributed by atoms with Crippen LogP contribution in [-0.4, -0.2) is 26.8 Å². The van der Waals surface area contributed by atoms with Crippen LogP contribution in [0.5, 0.6) is 0 Å². The van der Waals surface area contributed by atoms with Gasteiger partial charge in [0.2, 0.25) is 11.9 Å². The Labute approximate surface area is 158 Å². The van der Waals surface area contributed by atoms with Gasteiger partial charge in [-0.1, -0.05) is 18.2 Å². The van der Waals surface area contributed by atoms with Crippen LogP contribution < -0.4 is 21.3 Å². The van der Waals surface area contributed by atoms with Gasteiger partial charge in [-0.3, -0.25) is 19.0 Å². The van der Waals surface area contributed by atoms with Gasteiger partial charge in [-0.2, -0.15) is 0 Å². The molecular weight excluding hydrogens is 365 g/mol. The van der Waals surface area contributed by atoms with Gasteiger partial charge in [0, 0.05) is 24.5 Å². The number of hydrogen-bond donors (Lipinski definition) is 1. The number of anilines is 3. The van der Waals surface area contributed by atoms with E-state index in [2.05, 4.69) is 10.4 Å². The van der Waals surface area contributed by atoms with Crippen molar-refractivity contribution in [1.29, 1.82) is 0 Å². The fourth-order valence-corrected chi connectivity index (χ4v) is 3.06. The summed E-state index contributed by atoms with van der Waals surface area (Å²) in [6, 6.07) is 14.5. The third-order valence-electron chi connectivity index (χ3n) is 4.39. The summed E-state index contributed by atoms with van der Waals surface area (Å²) < 4.78 is 15.3. The molecule has 0 aliphatic carbocycles. The van der Waals surface area contributed by atoms with Crippen LogP contribution in [0.15, 0.2) is 64.2 Å². The molecule has 9 heteroatoms. The van der Waals surface area contributed by atoms with E-state index in [4.69, 9.17) is 0 Å². The predicted octanol–water partition coefficient (Wildman–Crippen LogP) is 1.33. The van der Waals surface area contributed by atoms with Crippen molar-refractivity contribution in [3.05, 3.63) is 81.1 Å². The summed E-state index contributed by atoms with van der Waals surface area (Å²) in [6.45, 7) is 0.298. The van der Waals surface area contributed by atoms with Crippen LogP contribution in [0.3, 0.4) is 0 Å². The fraction of sp³-hybridized carbons (Fsp3) is 0.158. The van der Waals surface area contributed by atoms with Gasteiger partial charge in [0.15, 0.2) is 0 Å². The van der Waals surface area contributed by atoms with E-state index >= 15 is 0 Å². The van der Waals surface area contributed by atoms with Gasteiger partial charge in [-0.25, -0.2) is 9.07 Å². The van der Waals surface area contributed by atoms with Crippen LogP contribution in [0, 0.1) is 5.82 Å². The number of benzene rings is 2. The molecule has 1 amide bonds. The lowest BCUT2D eigenvalue weighted by atomic mass is 10.3. The second kappa shape index (κ2) is 7.10. The normalized spacial score (nSPS) is 12.7. The van der Waals surface area contributed by atoms with Crippen molar-refractivity contribution in [2.45, 2.75) is 13.1 Å². The summed E-state index contributed by atoms with van der Waals surface area (Å²) >= 11 is 0. The summed E-state index contributed by atoms with van der Waals surface area (Å²) in [5.41, 5.74) is -0.403. The van der Waals surface area contributed by atoms with Gasteiger partial charge in [0.1, 0.15) is 12.4 Å². The van der Waals surface area contributed by atoms with Crippen LogP contribution in [0.2, 0.25) is 0 Å². The van der Waals surface area contributed by atoms with E-state index in [1.807, 2.05) is 6.07 Å². The molecule has 1 aromatic heterocycles. The highest BCUT2D eigenvalue weighted by Gasteiger charge is 2.26. The zero-order valence-corrected chi connectivity index (χ0v) is 14.7. The monoisotopic (exact) mass is 381 g/mol. The Morgan fingerprint density at radius 3 is 2.43 bits per heavy atom. The number of carbonyl (C=O) groups is 1. The van der Waals surface area contributed by atoms with Crippen LogP contribution in [0.25, 0.3) is 0 Å². The lowest BCUT2D eigenvalue weighted by Crippen LogP contribution is -2.44. The van der Waals surface area contributed by atoms with Crippen molar-refractivity contribution >= 4 is 23.2 Å². The van der Waals surface area contributed by atoms with E-state index in [9.17, 15) is 18.8 Å². The Balaban J connectivity index is 1.65. The zero-order valence-electron chi connectivity index (χ0n) is 14.7. The zero-order chi connectivity index (χ0) is 19.7. The first-order valence-corrected chi connectivity index (χ1v) is 8.63. The average molecular weight is 381 g/mol. The molecule has 0 fully saturated rings. The van der Waals surface area contributed by atoms with Gasteiger partial charge in [-0.15, -0.1) is 5.10 Å². The molecule has 8 nitrogen and oxygen atoms in total. The second-order valence-corrected chi connectivity index (χ2v) is 6.26. The molecule has 0 bridgehead atoms. The maximum atomic E-state index is 13.2. The van der Waals surface area contributed by atoms with Crippen molar-refractivity contribution in [2.24, 2.45) is 0 Å². The van der Waals surface area contributed by atoms with Crippen molar-refractivity contribution in [3.63, 3.8) is 0 Å². The van der Waals surface area contributed by atoms with Crippen LogP contribution >= 0.6 is 0 Å². The van der Waals surface area contributed by atoms with Crippen molar-refractivity contribution < 1.29 is 9.18 Å². The highest BCUT2D eigenvalue weighted by atomic mass is 19.1. The van der Waals surface area contributed by atoms with Crippen molar-refractivity contribution in [2.75, 3.05) is 16.8 Å². The molecule has 1 aliphatic heterocycles. The van der Waals surface area contributed by atoms with Crippen molar-refractivity contribution in [1.82, 2.24) is 14.3 Å². The molecule has 2 aromatic carbocycles. The number of nitrogens with one attached hydrogen (secondary N) is 1. The minimum atomic E-state index is -0.868. The van der Waals surface area contributed by atoms with Crippen LogP contribution in [-0.2, 0) is 17.9 Å². The molecule has 0 unspecified atom stereocenters. The molecule has 142 valence electrons. The Hall–Kier alpha value is -3.75. The first-order valence-electron chi connectivity index (χ1n) is 8.63. The van der Waals surface area contributed by atoms with E-state index in [1.165, 1.54) is 16.7 Å². The van der Waals surface area contributed by atoms with Crippen LogP contribution in [0.1, 0.15) is 0 Å². The van der Waals surface area contributed by atoms with Crippen molar-refractivity contribution in [3.8, 4) is 0 Å². The second-order valence-electron chi connectivity index (χ2n) is 6.26. The molecule has 0 atom stereocenters. The summed E-state index contributed by atoms with van der Waals surface area (Å²) in [5.74, 6) is -0.615. The number of nitrogens with zero attached hydrogens (tertiary/aromatic N) is 4. The lowest BCUT2D eigenvalue weighted by Gasteiger charge is -2.17. The maximum Gasteiger partial charge on any atom is 0.333 e. The number of aromatic nitrogens is 3. The molecule has 0 radical (unpaired) electrons. The summed E-state index contributed by atoms with van der Waals surface area (Å²) in [7, 11) is 0. The molecule has 4 rings (SSSR count). The van der Waals surface area contributed by atoms with E-state index in [1.54, 1.807) is 41.3 Å². The summed E-state index contributed by atoms with van der Waals surface area (Å²) in [5, 5.41) is 6.87. The predicted molar refractivity (Wildman–Crippen MR) is 101 cm³/mol. The van der Waals surface area contributed by atoms with Gasteiger partial charge >= 0.3 is 11.1 Å². The van der Waals surface area contributed by atoms with Gasteiger partial charge in [-0.05, 0) is 36.4 Å². The SMILES string of the molecule is O=C(Cn1nc2n(c(=O)c1=O)CCN2c1ccc(F)cc1)Nc1ccccc1. The minimum absolute atomic E-state index is 0.240. The first-order chi connectivity index (χ1) is 13.5. The maximum absolute atomic E-state index is 13.2. The quantitative estimate of drug-likeness (QED) is 0.689. The third kappa shape index (κ3) is 3.29. The number of fused-ring (bicyclic) bond motifs is 1. The van der Waals surface area contributed by atoms with E-state index < -0.39 is 23.6 Å². The molecule has 3 aromatic rings. The molecule has 0 saturated carbocycles. The average Bonchev–Trinajstić information content (AvgIpc) is 3.11. The number of hydrogen-bond acceptors (Lipinski definition) is 5. The topological polar surface area (TPSA) is 89.2 Å². The Morgan fingerprint density at radius 1 is 1.00 bits per heavy atom. The summed E-state index contributed by atoms with van der Waals surface area (Å²) in [6.07, 6.45) is 0. The number of amides is 1. The molecule has 2 heterocycles. The number of rotatable bonds is 4. The smallest absolute Gasteiger partial charge is 0.324 e. The van der Waals surface area contributed by atoms with Gasteiger partial charge < -0.3 is 10.2 Å². The highest BCUT2D eigenvalue weighted by Crippen LogP contribution is 2.26. The van der Waals surface area contributed by atoms with E-state index in [-0.39, 0.29) is 18.3 Å². The van der Waals surface area contributed by atoms with Gasteiger partial charge in [0.05, 0.1) is 0 Å². The molecule has 0 spiro atoms. The fourth-order valence-electron chi connectivity index (χ4n) is 3.06. The Kier molecular flexibility index (Phi) is 4.48. The third-order valence-corrected chi connectivity index (χ3v) is 4.39. The van der Waals surface area contributed by atoms with Gasteiger partial charge in [0.25, 0.3) is 0 Å². The highest BCUT2D eigenvalue weighted by molar-refractivity contribution is 5.90. The molecular formula is C19H16FN5O3. The number of para-hydroxylation sites is 1. The molecule has 0 saturated heterocycles. The van der Waals surface area contributed by atoms with Crippen LogP contribution in [0.4, 0.5) is 21.7 Å². The Bertz CT molecular complexity index is 1140. The van der Waals surface area contributed by atoms with E-state index in [0.29, 0.717) is 17.9 Å². The first kappa shape index (κ1) is 17.7. The van der Waals surface area contributed by atoms with E-state index in [0.717, 1.165) is 4.68 Å². The number of carbonyl (C=O) groups excluding carboxylic acids is 1.